The van der Waals surface area contributed by atoms with E-state index in [4.69, 9.17) is 5.73 Å². The summed E-state index contributed by atoms with van der Waals surface area (Å²) in [4.78, 5) is 25.2. The monoisotopic (exact) mass is 487 g/mol. The quantitative estimate of drug-likeness (QED) is 0.440. The van der Waals surface area contributed by atoms with Crippen LogP contribution >= 0.6 is 34.4 Å². The zero-order valence-electron chi connectivity index (χ0n) is 17.7. The molecule has 0 aromatic carbocycles. The summed E-state index contributed by atoms with van der Waals surface area (Å²) in [6.45, 7) is 2.28. The Balaban J connectivity index is 1.35. The first-order valence-electron chi connectivity index (χ1n) is 10.8. The van der Waals surface area contributed by atoms with E-state index in [-0.39, 0.29) is 17.7 Å². The van der Waals surface area contributed by atoms with Gasteiger partial charge in [0.1, 0.15) is 5.00 Å². The number of nitrogens with two attached hydrogens (primary N) is 1. The minimum atomic E-state index is -0.547. The molecule has 2 aliphatic rings. The first-order valence-corrected chi connectivity index (χ1v) is 13.5. The number of fused-ring (bicyclic) bond motifs is 2. The van der Waals surface area contributed by atoms with Crippen LogP contribution in [0.4, 0.5) is 5.00 Å². The summed E-state index contributed by atoms with van der Waals surface area (Å²) in [7, 11) is 0. The minimum absolute atomic E-state index is 0.183. The van der Waals surface area contributed by atoms with Crippen molar-refractivity contribution in [2.75, 3.05) is 11.1 Å². The van der Waals surface area contributed by atoms with Crippen LogP contribution in [-0.2, 0) is 4.79 Å². The fourth-order valence-electron chi connectivity index (χ4n) is 5.29. The Labute approximate surface area is 198 Å². The average molecular weight is 488 g/mol. The molecule has 32 heavy (non-hydrogen) atoms. The van der Waals surface area contributed by atoms with Gasteiger partial charge in [-0.3, -0.25) is 14.2 Å². The normalized spacial score (nSPS) is 22.8. The van der Waals surface area contributed by atoms with Crippen molar-refractivity contribution in [1.82, 2.24) is 14.8 Å². The lowest BCUT2D eigenvalue weighted by molar-refractivity contribution is -0.113. The molecule has 4 atom stereocenters. The molecule has 3 aromatic rings. The lowest BCUT2D eigenvalue weighted by atomic mass is 9.84. The van der Waals surface area contributed by atoms with Crippen LogP contribution in [0.3, 0.4) is 0 Å². The summed E-state index contributed by atoms with van der Waals surface area (Å²) >= 11 is 4.33. The Morgan fingerprint density at radius 3 is 2.81 bits per heavy atom. The molecule has 0 aliphatic heterocycles. The fraction of sp³-hybridized carbons (Fsp3) is 0.455. The van der Waals surface area contributed by atoms with E-state index in [0.29, 0.717) is 16.5 Å². The van der Waals surface area contributed by atoms with Crippen LogP contribution in [0, 0.1) is 17.8 Å². The van der Waals surface area contributed by atoms with Gasteiger partial charge in [0.2, 0.25) is 5.91 Å². The highest BCUT2D eigenvalue weighted by molar-refractivity contribution is 7.99. The molecule has 3 N–H and O–H groups in total. The molecule has 2 bridgehead atoms. The average Bonchev–Trinajstić information content (AvgIpc) is 3.58. The van der Waals surface area contributed by atoms with Crippen molar-refractivity contribution in [3.8, 4) is 10.7 Å². The number of hydrogen-bond donors (Lipinski definition) is 2. The number of primary amides is 1. The number of thiophene rings is 2. The minimum Gasteiger partial charge on any atom is -0.366 e. The van der Waals surface area contributed by atoms with E-state index in [1.54, 1.807) is 22.8 Å². The summed E-state index contributed by atoms with van der Waals surface area (Å²) in [5.41, 5.74) is 5.71. The number of carbonyl (C=O) groups is 2. The summed E-state index contributed by atoms with van der Waals surface area (Å²) in [5, 5.41) is 16.8. The Morgan fingerprint density at radius 2 is 2.12 bits per heavy atom. The van der Waals surface area contributed by atoms with Gasteiger partial charge in [0.15, 0.2) is 11.0 Å². The van der Waals surface area contributed by atoms with Crippen molar-refractivity contribution in [1.29, 1.82) is 0 Å². The second-order valence-electron chi connectivity index (χ2n) is 8.60. The molecule has 5 rings (SSSR count). The van der Waals surface area contributed by atoms with Crippen molar-refractivity contribution in [2.45, 2.75) is 43.8 Å². The van der Waals surface area contributed by atoms with Gasteiger partial charge in [-0.15, -0.1) is 32.9 Å². The van der Waals surface area contributed by atoms with E-state index in [1.807, 2.05) is 11.4 Å². The highest BCUT2D eigenvalue weighted by Gasteiger charge is 2.43. The number of anilines is 1. The van der Waals surface area contributed by atoms with Crippen molar-refractivity contribution in [3.05, 3.63) is 34.5 Å². The molecule has 2 saturated carbocycles. The molecule has 0 spiro atoms. The molecule has 0 radical (unpaired) electrons. The Bertz CT molecular complexity index is 1120. The Kier molecular flexibility index (Phi) is 6.09. The predicted molar refractivity (Wildman–Crippen MR) is 129 cm³/mol. The Morgan fingerprint density at radius 1 is 1.25 bits per heavy atom. The fourth-order valence-corrected chi connectivity index (χ4v) is 7.62. The number of amides is 2. The number of aromatic nitrogens is 3. The number of nitrogens with one attached hydrogen (secondary N) is 1. The third-order valence-corrected chi connectivity index (χ3v) is 9.38. The summed E-state index contributed by atoms with van der Waals surface area (Å²) < 4.78 is 2.25. The number of thioether (sulfide) groups is 1. The van der Waals surface area contributed by atoms with Crippen LogP contribution in [-0.4, -0.2) is 32.3 Å². The van der Waals surface area contributed by atoms with Crippen molar-refractivity contribution >= 4 is 51.3 Å². The van der Waals surface area contributed by atoms with E-state index in [1.165, 1.54) is 48.8 Å². The zero-order valence-corrected chi connectivity index (χ0v) is 20.1. The second-order valence-corrected chi connectivity index (χ2v) is 11.4. The largest absolute Gasteiger partial charge is 0.366 e. The van der Waals surface area contributed by atoms with Gasteiger partial charge in [-0.05, 0) is 66.8 Å². The van der Waals surface area contributed by atoms with E-state index in [2.05, 4.69) is 33.1 Å². The maximum Gasteiger partial charge on any atom is 0.251 e. The first kappa shape index (κ1) is 21.7. The first-order chi connectivity index (χ1) is 15.5. The molecule has 3 heterocycles. The van der Waals surface area contributed by atoms with E-state index >= 15 is 0 Å². The predicted octanol–water partition coefficient (Wildman–Crippen LogP) is 4.90. The molecular weight excluding hydrogens is 462 g/mol. The van der Waals surface area contributed by atoms with Gasteiger partial charge in [-0.2, -0.15) is 0 Å². The van der Waals surface area contributed by atoms with Crippen LogP contribution in [0.25, 0.3) is 10.7 Å². The van der Waals surface area contributed by atoms with Gasteiger partial charge < -0.3 is 11.1 Å². The SMILES string of the molecule is CC(C1CC2CCC1C2)n1c(SCC(=O)Nc2sccc2C(N)=O)nnc1-c1cccs1. The van der Waals surface area contributed by atoms with E-state index in [9.17, 15) is 9.59 Å². The summed E-state index contributed by atoms with van der Waals surface area (Å²) in [5.74, 6) is 2.59. The number of rotatable bonds is 8. The van der Waals surface area contributed by atoms with Crippen LogP contribution in [0.5, 0.6) is 0 Å². The van der Waals surface area contributed by atoms with Gasteiger partial charge in [-0.1, -0.05) is 24.2 Å². The summed E-state index contributed by atoms with van der Waals surface area (Å²) in [6, 6.07) is 6.00. The molecule has 2 amide bonds. The topological polar surface area (TPSA) is 103 Å². The maximum absolute atomic E-state index is 12.6. The molecule has 168 valence electrons. The highest BCUT2D eigenvalue weighted by atomic mass is 32.2. The molecule has 0 saturated heterocycles. The smallest absolute Gasteiger partial charge is 0.251 e. The molecule has 2 fully saturated rings. The lowest BCUT2D eigenvalue weighted by Gasteiger charge is -2.30. The van der Waals surface area contributed by atoms with Crippen LogP contribution in [0.15, 0.2) is 34.1 Å². The van der Waals surface area contributed by atoms with Crippen molar-refractivity contribution in [3.63, 3.8) is 0 Å². The standard InChI is InChI=1S/C22H25N5O2S3/c1-12(16-10-13-4-5-14(16)9-13)27-20(17-3-2-7-30-17)25-26-22(27)32-11-18(28)24-21-15(19(23)29)6-8-31-21/h2-3,6-8,12-14,16H,4-5,9-11H2,1H3,(H2,23,29)(H,24,28). The maximum atomic E-state index is 12.6. The summed E-state index contributed by atoms with van der Waals surface area (Å²) in [6.07, 6.45) is 5.31. The number of carbonyl (C=O) groups excluding carboxylic acids is 2. The van der Waals surface area contributed by atoms with Gasteiger partial charge in [0.05, 0.1) is 16.2 Å². The Hall–Kier alpha value is -2.17. The molecule has 2 aliphatic carbocycles. The zero-order chi connectivity index (χ0) is 22.2. The van der Waals surface area contributed by atoms with E-state index in [0.717, 1.165) is 27.7 Å². The highest BCUT2D eigenvalue weighted by Crippen LogP contribution is 2.53. The number of hydrogen-bond acceptors (Lipinski definition) is 7. The molecule has 4 unspecified atom stereocenters. The molecular formula is C22H25N5O2S3. The van der Waals surface area contributed by atoms with Crippen LogP contribution < -0.4 is 11.1 Å². The van der Waals surface area contributed by atoms with E-state index < -0.39 is 5.91 Å². The lowest BCUT2D eigenvalue weighted by Crippen LogP contribution is -2.23. The second kappa shape index (κ2) is 8.99. The third-order valence-electron chi connectivity index (χ3n) is 6.74. The van der Waals surface area contributed by atoms with Gasteiger partial charge >= 0.3 is 0 Å². The van der Waals surface area contributed by atoms with Crippen molar-refractivity contribution in [2.24, 2.45) is 23.5 Å². The number of nitrogens with zero attached hydrogens (tertiary/aromatic N) is 3. The molecule has 3 aromatic heterocycles. The van der Waals surface area contributed by atoms with Gasteiger partial charge in [0.25, 0.3) is 5.91 Å². The van der Waals surface area contributed by atoms with Gasteiger partial charge in [-0.25, -0.2) is 0 Å². The van der Waals surface area contributed by atoms with Gasteiger partial charge in [0, 0.05) is 6.04 Å². The van der Waals surface area contributed by atoms with Crippen LogP contribution in [0.2, 0.25) is 0 Å². The molecule has 7 nitrogen and oxygen atoms in total. The molecule has 10 heteroatoms. The third kappa shape index (κ3) is 4.11. The van der Waals surface area contributed by atoms with Crippen molar-refractivity contribution < 1.29 is 9.59 Å². The van der Waals surface area contributed by atoms with Crippen LogP contribution in [0.1, 0.15) is 49.0 Å².